The fourth-order valence-corrected chi connectivity index (χ4v) is 2.24. The van der Waals surface area contributed by atoms with E-state index in [2.05, 4.69) is 4.98 Å². The lowest BCUT2D eigenvalue weighted by Gasteiger charge is -2.46. The summed E-state index contributed by atoms with van der Waals surface area (Å²) < 4.78 is 62.8. The predicted octanol–water partition coefficient (Wildman–Crippen LogP) is 2.73. The van der Waals surface area contributed by atoms with Crippen molar-refractivity contribution in [1.82, 2.24) is 4.98 Å². The molecule has 2 N–H and O–H groups in total. The van der Waals surface area contributed by atoms with Gasteiger partial charge in [0.1, 0.15) is 0 Å². The maximum Gasteiger partial charge on any atom is 0.417 e. The van der Waals surface area contributed by atoms with Gasteiger partial charge in [-0.1, -0.05) is 0 Å². The Hall–Kier alpha value is -1.24. The highest BCUT2D eigenvalue weighted by Gasteiger charge is 2.57. The number of aromatic nitrogens is 1. The van der Waals surface area contributed by atoms with Gasteiger partial charge in [-0.05, 0) is 12.1 Å². The zero-order valence-electron chi connectivity index (χ0n) is 9.27. The highest BCUT2D eigenvalue weighted by atomic mass is 19.4. The molecular weight excluding hydrogens is 255 g/mol. The van der Waals surface area contributed by atoms with Crippen molar-refractivity contribution in [3.8, 4) is 0 Å². The molecule has 0 aliphatic heterocycles. The van der Waals surface area contributed by atoms with Crippen molar-refractivity contribution in [3.05, 3.63) is 29.6 Å². The Kier molecular flexibility index (Phi) is 2.84. The summed E-state index contributed by atoms with van der Waals surface area (Å²) in [6.07, 6.45) is -4.75. The van der Waals surface area contributed by atoms with Crippen LogP contribution < -0.4 is 5.73 Å². The maximum absolute atomic E-state index is 12.9. The van der Waals surface area contributed by atoms with Gasteiger partial charge in [-0.3, -0.25) is 4.98 Å². The molecule has 0 spiro atoms. The van der Waals surface area contributed by atoms with Crippen LogP contribution in [0.2, 0.25) is 0 Å². The van der Waals surface area contributed by atoms with Gasteiger partial charge >= 0.3 is 6.18 Å². The molecule has 0 saturated heterocycles. The molecule has 1 aromatic heterocycles. The van der Waals surface area contributed by atoms with Crippen LogP contribution in [0.5, 0.6) is 0 Å². The lowest BCUT2D eigenvalue weighted by Crippen LogP contribution is -2.54. The van der Waals surface area contributed by atoms with Crippen LogP contribution >= 0.6 is 0 Å². The van der Waals surface area contributed by atoms with Gasteiger partial charge in [0, 0.05) is 36.7 Å². The molecule has 0 aromatic carbocycles. The summed E-state index contributed by atoms with van der Waals surface area (Å²) in [4.78, 5) is 3.64. The van der Waals surface area contributed by atoms with Crippen molar-refractivity contribution in [3.63, 3.8) is 0 Å². The quantitative estimate of drug-likeness (QED) is 0.836. The number of nitrogens with two attached hydrogens (primary N) is 1. The van der Waals surface area contributed by atoms with Crippen LogP contribution in [-0.4, -0.2) is 17.5 Å². The largest absolute Gasteiger partial charge is 0.417 e. The van der Waals surface area contributed by atoms with Crippen molar-refractivity contribution in [2.24, 2.45) is 5.73 Å². The topological polar surface area (TPSA) is 38.9 Å². The monoisotopic (exact) mass is 266 g/mol. The first kappa shape index (κ1) is 13.2. The van der Waals surface area contributed by atoms with Crippen LogP contribution in [0.4, 0.5) is 22.0 Å². The summed E-state index contributed by atoms with van der Waals surface area (Å²) in [5.41, 5.74) is 3.76. The number of alkyl halides is 5. The van der Waals surface area contributed by atoms with Crippen molar-refractivity contribution >= 4 is 0 Å². The molecule has 0 radical (unpaired) electrons. The molecule has 2 rings (SSSR count). The van der Waals surface area contributed by atoms with E-state index >= 15 is 0 Å². The van der Waals surface area contributed by atoms with E-state index in [9.17, 15) is 22.0 Å². The molecule has 0 unspecified atom stereocenters. The molecule has 1 heterocycles. The van der Waals surface area contributed by atoms with E-state index < -0.39 is 35.9 Å². The summed E-state index contributed by atoms with van der Waals surface area (Å²) in [5.74, 6) is -2.80. The third-order valence-electron chi connectivity index (χ3n) is 3.22. The number of halogens is 5. The summed E-state index contributed by atoms with van der Waals surface area (Å²) in [6.45, 7) is -0.0546. The van der Waals surface area contributed by atoms with Gasteiger partial charge in [0.15, 0.2) is 0 Å². The molecule has 100 valence electrons. The standard InChI is InChI=1S/C11H11F5N2/c12-10(13)4-9(5-10,6-17)8-2-1-7(3-18-8)11(14,15)16/h1-3H,4-6,17H2. The van der Waals surface area contributed by atoms with Crippen LogP contribution in [0, 0.1) is 0 Å². The molecule has 1 aromatic rings. The zero-order chi connectivity index (χ0) is 13.6. The second-order valence-electron chi connectivity index (χ2n) is 4.62. The Morgan fingerprint density at radius 1 is 1.22 bits per heavy atom. The highest BCUT2D eigenvalue weighted by molar-refractivity contribution is 5.28. The van der Waals surface area contributed by atoms with Crippen molar-refractivity contribution in [2.75, 3.05) is 6.54 Å². The highest BCUT2D eigenvalue weighted by Crippen LogP contribution is 2.52. The molecular formula is C11H11F5N2. The van der Waals surface area contributed by atoms with Gasteiger partial charge in [-0.2, -0.15) is 13.2 Å². The van der Waals surface area contributed by atoms with E-state index in [1.165, 1.54) is 0 Å². The predicted molar refractivity (Wildman–Crippen MR) is 54.2 cm³/mol. The number of rotatable bonds is 2. The van der Waals surface area contributed by atoms with Crippen LogP contribution in [0.3, 0.4) is 0 Å². The second kappa shape index (κ2) is 3.88. The van der Waals surface area contributed by atoms with Crippen LogP contribution in [0.1, 0.15) is 24.1 Å². The lowest BCUT2D eigenvalue weighted by atomic mass is 9.64. The minimum atomic E-state index is -4.48. The molecule has 0 bridgehead atoms. The van der Waals surface area contributed by atoms with E-state index in [1.54, 1.807) is 0 Å². The first-order chi connectivity index (χ1) is 8.19. The van der Waals surface area contributed by atoms with Gasteiger partial charge in [-0.15, -0.1) is 0 Å². The van der Waals surface area contributed by atoms with E-state index in [0.717, 1.165) is 12.1 Å². The van der Waals surface area contributed by atoms with Crippen LogP contribution in [-0.2, 0) is 11.6 Å². The molecule has 1 aliphatic carbocycles. The van der Waals surface area contributed by atoms with Crippen LogP contribution in [0.15, 0.2) is 18.3 Å². The Labute approximate surface area is 100 Å². The second-order valence-corrected chi connectivity index (χ2v) is 4.62. The minimum Gasteiger partial charge on any atom is -0.330 e. The normalized spacial score (nSPS) is 21.4. The average molecular weight is 266 g/mol. The first-order valence-corrected chi connectivity index (χ1v) is 5.30. The summed E-state index contributed by atoms with van der Waals surface area (Å²) in [5, 5.41) is 0. The Bertz CT molecular complexity index is 430. The molecule has 2 nitrogen and oxygen atoms in total. The fraction of sp³-hybridized carbons (Fsp3) is 0.545. The number of pyridine rings is 1. The van der Waals surface area contributed by atoms with E-state index in [0.29, 0.717) is 6.20 Å². The van der Waals surface area contributed by atoms with E-state index in [4.69, 9.17) is 5.73 Å². The SMILES string of the molecule is NCC1(c2ccc(C(F)(F)F)cn2)CC(F)(F)C1. The van der Waals surface area contributed by atoms with Crippen molar-refractivity contribution in [1.29, 1.82) is 0 Å². The van der Waals surface area contributed by atoms with Gasteiger partial charge in [-0.25, -0.2) is 8.78 Å². The van der Waals surface area contributed by atoms with E-state index in [-0.39, 0.29) is 12.2 Å². The summed E-state index contributed by atoms with van der Waals surface area (Å²) in [6, 6.07) is 1.97. The lowest BCUT2D eigenvalue weighted by molar-refractivity contribution is -0.138. The van der Waals surface area contributed by atoms with Gasteiger partial charge in [0.2, 0.25) is 5.92 Å². The third kappa shape index (κ3) is 2.19. The number of nitrogens with zero attached hydrogens (tertiary/aromatic N) is 1. The molecule has 0 atom stereocenters. The summed E-state index contributed by atoms with van der Waals surface area (Å²) >= 11 is 0. The number of hydrogen-bond acceptors (Lipinski definition) is 2. The van der Waals surface area contributed by atoms with Crippen LogP contribution in [0.25, 0.3) is 0 Å². The summed E-state index contributed by atoms with van der Waals surface area (Å²) in [7, 11) is 0. The fourth-order valence-electron chi connectivity index (χ4n) is 2.24. The Morgan fingerprint density at radius 3 is 2.17 bits per heavy atom. The van der Waals surface area contributed by atoms with E-state index in [1.807, 2.05) is 0 Å². The number of hydrogen-bond donors (Lipinski definition) is 1. The average Bonchev–Trinajstić information content (AvgIpc) is 2.24. The van der Waals surface area contributed by atoms with Crippen molar-refractivity contribution < 1.29 is 22.0 Å². The van der Waals surface area contributed by atoms with Gasteiger partial charge in [0.05, 0.1) is 5.56 Å². The third-order valence-corrected chi connectivity index (χ3v) is 3.22. The molecule has 7 heteroatoms. The molecule has 1 saturated carbocycles. The minimum absolute atomic E-state index is 0.0546. The Balaban J connectivity index is 2.25. The zero-order valence-corrected chi connectivity index (χ0v) is 9.27. The van der Waals surface area contributed by atoms with Gasteiger partial charge in [0.25, 0.3) is 0 Å². The first-order valence-electron chi connectivity index (χ1n) is 5.30. The Morgan fingerprint density at radius 2 is 1.83 bits per heavy atom. The maximum atomic E-state index is 12.9. The molecule has 1 fully saturated rings. The molecule has 18 heavy (non-hydrogen) atoms. The smallest absolute Gasteiger partial charge is 0.330 e. The molecule has 1 aliphatic rings. The van der Waals surface area contributed by atoms with Gasteiger partial charge < -0.3 is 5.73 Å². The van der Waals surface area contributed by atoms with Crippen molar-refractivity contribution in [2.45, 2.75) is 30.4 Å². The molecule has 0 amide bonds.